The van der Waals surface area contributed by atoms with Crippen molar-refractivity contribution in [2.45, 2.75) is 46.2 Å². The van der Waals surface area contributed by atoms with Crippen LogP contribution in [0.25, 0.3) is 0 Å². The number of carbonyl (C=O) groups excluding carboxylic acids is 2. The molecular weight excluding hydrogens is 280 g/mol. The number of nitrogens with one attached hydrogen (secondary N) is 2. The van der Waals surface area contributed by atoms with Crippen molar-refractivity contribution >= 4 is 24.3 Å². The zero-order valence-corrected chi connectivity index (χ0v) is 13.5. The first kappa shape index (κ1) is 19.1. The number of piperidine rings is 1. The van der Waals surface area contributed by atoms with Crippen LogP contribution in [0.4, 0.5) is 4.79 Å². The van der Waals surface area contributed by atoms with E-state index in [4.69, 9.17) is 5.73 Å². The lowest BCUT2D eigenvalue weighted by Gasteiger charge is -2.44. The van der Waals surface area contributed by atoms with Gasteiger partial charge in [-0.2, -0.15) is 0 Å². The average molecular weight is 307 g/mol. The van der Waals surface area contributed by atoms with Crippen LogP contribution in [0.15, 0.2) is 0 Å². The maximum absolute atomic E-state index is 12.0. The first-order valence-corrected chi connectivity index (χ1v) is 6.86. The average Bonchev–Trinajstić information content (AvgIpc) is 2.31. The highest BCUT2D eigenvalue weighted by atomic mass is 35.5. The minimum Gasteiger partial charge on any atom is -0.338 e. The summed E-state index contributed by atoms with van der Waals surface area (Å²) >= 11 is 0. The number of carbonyl (C=O) groups is 2. The van der Waals surface area contributed by atoms with E-state index in [1.165, 1.54) is 0 Å². The molecule has 0 aromatic rings. The van der Waals surface area contributed by atoms with E-state index in [1.807, 2.05) is 13.8 Å². The fourth-order valence-corrected chi connectivity index (χ4v) is 2.33. The smallest absolute Gasteiger partial charge is 0.321 e. The van der Waals surface area contributed by atoms with Crippen molar-refractivity contribution < 1.29 is 9.59 Å². The quantitative estimate of drug-likeness (QED) is 0.716. The maximum Gasteiger partial charge on any atom is 0.321 e. The van der Waals surface area contributed by atoms with Crippen LogP contribution in [0.2, 0.25) is 0 Å². The zero-order chi connectivity index (χ0) is 14.6. The second-order valence-electron chi connectivity index (χ2n) is 5.88. The molecular formula is C13H27ClN4O2. The van der Waals surface area contributed by atoms with E-state index in [9.17, 15) is 9.59 Å². The Morgan fingerprint density at radius 2 is 2.05 bits per heavy atom. The van der Waals surface area contributed by atoms with Crippen LogP contribution in [0.5, 0.6) is 0 Å². The molecule has 0 saturated carbocycles. The van der Waals surface area contributed by atoms with E-state index < -0.39 is 6.03 Å². The molecule has 2 atom stereocenters. The van der Waals surface area contributed by atoms with Gasteiger partial charge in [-0.1, -0.05) is 13.8 Å². The lowest BCUT2D eigenvalue weighted by Crippen LogP contribution is -2.58. The second-order valence-corrected chi connectivity index (χ2v) is 5.88. The van der Waals surface area contributed by atoms with Gasteiger partial charge in [-0.05, 0) is 25.7 Å². The predicted octanol–water partition coefficient (Wildman–Crippen LogP) is 0.702. The van der Waals surface area contributed by atoms with Crippen molar-refractivity contribution in [1.29, 1.82) is 0 Å². The molecule has 7 heteroatoms. The molecule has 20 heavy (non-hydrogen) atoms. The number of likely N-dealkylation sites (tertiary alicyclic amines) is 1. The van der Waals surface area contributed by atoms with E-state index in [2.05, 4.69) is 29.4 Å². The van der Waals surface area contributed by atoms with Gasteiger partial charge in [-0.15, -0.1) is 12.4 Å². The minimum absolute atomic E-state index is 0. The summed E-state index contributed by atoms with van der Waals surface area (Å²) < 4.78 is 0. The zero-order valence-electron chi connectivity index (χ0n) is 12.7. The molecule has 3 amide bonds. The predicted molar refractivity (Wildman–Crippen MR) is 81.9 cm³/mol. The number of amides is 3. The molecule has 2 unspecified atom stereocenters. The van der Waals surface area contributed by atoms with Crippen LogP contribution in [0, 0.1) is 5.41 Å². The number of rotatable bonds is 3. The van der Waals surface area contributed by atoms with Gasteiger partial charge in [0.2, 0.25) is 5.91 Å². The van der Waals surface area contributed by atoms with E-state index in [-0.39, 0.29) is 35.8 Å². The van der Waals surface area contributed by atoms with Crippen molar-refractivity contribution in [2.24, 2.45) is 11.1 Å². The van der Waals surface area contributed by atoms with Gasteiger partial charge in [0.15, 0.2) is 0 Å². The molecule has 1 aliphatic rings. The lowest BCUT2D eigenvalue weighted by atomic mass is 9.79. The van der Waals surface area contributed by atoms with Crippen molar-refractivity contribution in [1.82, 2.24) is 15.5 Å². The summed E-state index contributed by atoms with van der Waals surface area (Å²) in [4.78, 5) is 25.4. The number of halogens is 1. The Labute approximate surface area is 127 Å². The molecule has 1 fully saturated rings. The molecule has 0 aromatic carbocycles. The monoisotopic (exact) mass is 306 g/mol. The highest BCUT2D eigenvalue weighted by Gasteiger charge is 2.36. The normalized spacial score (nSPS) is 23.4. The van der Waals surface area contributed by atoms with Gasteiger partial charge in [-0.25, -0.2) is 4.79 Å². The Kier molecular flexibility index (Phi) is 7.47. The molecule has 4 N–H and O–H groups in total. The van der Waals surface area contributed by atoms with Gasteiger partial charge in [-0.3, -0.25) is 15.0 Å². The SMILES string of the molecule is CCNC(=O)NC(=O)C(C)N1CCC(N)C(C)(C)C1.Cl. The molecule has 0 aliphatic carbocycles. The van der Waals surface area contributed by atoms with Gasteiger partial charge in [0, 0.05) is 25.7 Å². The molecule has 0 aromatic heterocycles. The minimum atomic E-state index is -0.438. The van der Waals surface area contributed by atoms with Crippen molar-refractivity contribution in [3.05, 3.63) is 0 Å². The fourth-order valence-electron chi connectivity index (χ4n) is 2.33. The number of urea groups is 1. The Morgan fingerprint density at radius 1 is 1.45 bits per heavy atom. The van der Waals surface area contributed by atoms with E-state index in [0.717, 1.165) is 19.5 Å². The van der Waals surface area contributed by atoms with E-state index in [1.54, 1.807) is 0 Å². The maximum atomic E-state index is 12.0. The van der Waals surface area contributed by atoms with Crippen LogP contribution in [-0.4, -0.2) is 48.6 Å². The number of nitrogens with two attached hydrogens (primary N) is 1. The van der Waals surface area contributed by atoms with Gasteiger partial charge in [0.25, 0.3) is 0 Å². The van der Waals surface area contributed by atoms with Crippen LogP contribution in [0.3, 0.4) is 0 Å². The summed E-state index contributed by atoms with van der Waals surface area (Å²) in [5.41, 5.74) is 6.06. The third-order valence-corrected chi connectivity index (χ3v) is 3.84. The van der Waals surface area contributed by atoms with Crippen molar-refractivity contribution in [3.63, 3.8) is 0 Å². The van der Waals surface area contributed by atoms with Gasteiger partial charge in [0.1, 0.15) is 0 Å². The number of imide groups is 1. The first-order chi connectivity index (χ1) is 8.77. The third kappa shape index (κ3) is 4.92. The van der Waals surface area contributed by atoms with Crippen molar-refractivity contribution in [3.8, 4) is 0 Å². The third-order valence-electron chi connectivity index (χ3n) is 3.84. The molecule has 0 bridgehead atoms. The Bertz CT molecular complexity index is 349. The molecule has 1 aliphatic heterocycles. The lowest BCUT2D eigenvalue weighted by molar-refractivity contribution is -0.126. The summed E-state index contributed by atoms with van der Waals surface area (Å²) in [5, 5.41) is 4.90. The van der Waals surface area contributed by atoms with Gasteiger partial charge in [0.05, 0.1) is 6.04 Å². The Hall–Kier alpha value is -0.850. The summed E-state index contributed by atoms with van der Waals surface area (Å²) in [5.74, 6) is -0.266. The Balaban J connectivity index is 0.00000361. The molecule has 0 radical (unpaired) electrons. The molecule has 118 valence electrons. The van der Waals surface area contributed by atoms with Gasteiger partial charge < -0.3 is 11.1 Å². The van der Waals surface area contributed by atoms with Crippen LogP contribution >= 0.6 is 12.4 Å². The van der Waals surface area contributed by atoms with E-state index in [0.29, 0.717) is 6.54 Å². The van der Waals surface area contributed by atoms with Crippen molar-refractivity contribution in [2.75, 3.05) is 19.6 Å². The highest BCUT2D eigenvalue weighted by molar-refractivity contribution is 5.96. The topological polar surface area (TPSA) is 87.5 Å². The van der Waals surface area contributed by atoms with Crippen LogP contribution < -0.4 is 16.4 Å². The Morgan fingerprint density at radius 3 is 2.55 bits per heavy atom. The number of nitrogens with zero attached hydrogens (tertiary/aromatic N) is 1. The molecule has 1 saturated heterocycles. The fraction of sp³-hybridized carbons (Fsp3) is 0.846. The summed E-state index contributed by atoms with van der Waals surface area (Å²) in [6.45, 7) is 9.89. The summed E-state index contributed by atoms with van der Waals surface area (Å²) in [6.07, 6.45) is 0.867. The first-order valence-electron chi connectivity index (χ1n) is 6.86. The van der Waals surface area contributed by atoms with E-state index >= 15 is 0 Å². The molecule has 0 spiro atoms. The largest absolute Gasteiger partial charge is 0.338 e. The van der Waals surface area contributed by atoms with Crippen LogP contribution in [-0.2, 0) is 4.79 Å². The molecule has 1 rings (SSSR count). The standard InChI is InChI=1S/C13H26N4O2.ClH/c1-5-15-12(19)16-11(18)9(2)17-7-6-10(14)13(3,4)8-17;/h9-10H,5-8,14H2,1-4H3,(H2,15,16,18,19);1H. The summed E-state index contributed by atoms with van der Waals surface area (Å²) in [6, 6.07) is -0.607. The summed E-state index contributed by atoms with van der Waals surface area (Å²) in [7, 11) is 0. The molecule has 1 heterocycles. The number of hydrogen-bond acceptors (Lipinski definition) is 4. The molecule has 6 nitrogen and oxygen atoms in total. The highest BCUT2D eigenvalue weighted by Crippen LogP contribution is 2.28. The number of hydrogen-bond donors (Lipinski definition) is 3. The van der Waals surface area contributed by atoms with Crippen LogP contribution in [0.1, 0.15) is 34.1 Å². The van der Waals surface area contributed by atoms with Gasteiger partial charge >= 0.3 is 6.03 Å². The second kappa shape index (κ2) is 7.81.